The highest BCUT2D eigenvalue weighted by atomic mass is 32.2. The van der Waals surface area contributed by atoms with Crippen molar-refractivity contribution in [2.24, 2.45) is 0 Å². The molecule has 9 nitrogen and oxygen atoms in total. The molecule has 0 aliphatic heterocycles. The van der Waals surface area contributed by atoms with Crippen LogP contribution < -0.4 is 5.32 Å². The molecule has 4 aromatic rings. The Morgan fingerprint density at radius 3 is 2.27 bits per heavy atom. The van der Waals surface area contributed by atoms with E-state index in [-0.39, 0.29) is 17.1 Å². The van der Waals surface area contributed by atoms with Gasteiger partial charge in [-0.05, 0) is 41.8 Å². The fourth-order valence-electron chi connectivity index (χ4n) is 4.12. The third-order valence-electron chi connectivity index (χ3n) is 6.24. The van der Waals surface area contributed by atoms with Crippen LogP contribution in [0.5, 0.6) is 0 Å². The van der Waals surface area contributed by atoms with Crippen LogP contribution in [-0.2, 0) is 22.5 Å². The Bertz CT molecular complexity index is 1470. The van der Waals surface area contributed by atoms with Gasteiger partial charge in [-0.25, -0.2) is 4.79 Å². The number of hydrogen-bond acceptors (Lipinski definition) is 7. The Balaban J connectivity index is 1.55. The maximum atomic E-state index is 12.7. The van der Waals surface area contributed by atoms with E-state index in [2.05, 4.69) is 22.4 Å². The highest BCUT2D eigenvalue weighted by Crippen LogP contribution is 2.36. The maximum absolute atomic E-state index is 12.7. The Morgan fingerprint density at radius 2 is 1.62 bits per heavy atom. The number of thioether (sulfide) groups is 1. The molecule has 3 aromatic carbocycles. The highest BCUT2D eigenvalue weighted by molar-refractivity contribution is 8.00. The number of anilines is 1. The first-order valence-electron chi connectivity index (χ1n) is 12.8. The zero-order chi connectivity index (χ0) is 28.5. The smallest absolute Gasteiger partial charge is 0.336 e. The van der Waals surface area contributed by atoms with Crippen LogP contribution in [0.4, 0.5) is 5.69 Å². The van der Waals surface area contributed by atoms with Gasteiger partial charge in [0.25, 0.3) is 5.91 Å². The molecule has 0 spiro atoms. The lowest BCUT2D eigenvalue weighted by Gasteiger charge is -2.16. The molecule has 0 fully saturated rings. The lowest BCUT2D eigenvalue weighted by Crippen LogP contribution is -2.16. The van der Waals surface area contributed by atoms with Crippen LogP contribution in [0.1, 0.15) is 62.7 Å². The fraction of sp³-hybridized carbons (Fsp3) is 0.233. The lowest BCUT2D eigenvalue weighted by atomic mass is 10.1. The number of carboxylic acids is 1. The van der Waals surface area contributed by atoms with E-state index in [0.717, 1.165) is 36.2 Å². The average Bonchev–Trinajstić information content (AvgIpc) is 3.36. The number of nitrogens with one attached hydrogen (secondary N) is 1. The molecule has 2 N–H and O–H groups in total. The number of methoxy groups -OCH3 is 1. The van der Waals surface area contributed by atoms with E-state index in [1.807, 2.05) is 47.0 Å². The Labute approximate surface area is 236 Å². The summed E-state index contributed by atoms with van der Waals surface area (Å²) in [4.78, 5) is 36.9. The van der Waals surface area contributed by atoms with Crippen molar-refractivity contribution >= 4 is 35.3 Å². The van der Waals surface area contributed by atoms with E-state index in [1.165, 1.54) is 31.0 Å². The number of aromatic carboxylic acids is 1. The van der Waals surface area contributed by atoms with Gasteiger partial charge in [0.15, 0.2) is 5.16 Å². The first-order chi connectivity index (χ1) is 19.4. The van der Waals surface area contributed by atoms with Crippen molar-refractivity contribution in [3.63, 3.8) is 0 Å². The van der Waals surface area contributed by atoms with Crippen molar-refractivity contribution in [2.45, 2.75) is 43.1 Å². The minimum Gasteiger partial charge on any atom is -0.478 e. The lowest BCUT2D eigenvalue weighted by molar-refractivity contribution is -0.140. The Hall–Kier alpha value is -4.44. The molecular weight excluding hydrogens is 528 g/mol. The van der Waals surface area contributed by atoms with E-state index in [0.29, 0.717) is 17.4 Å². The second-order valence-corrected chi connectivity index (χ2v) is 10.1. The Kier molecular flexibility index (Phi) is 9.69. The van der Waals surface area contributed by atoms with Crippen molar-refractivity contribution in [1.82, 2.24) is 14.8 Å². The molecule has 1 heterocycles. The summed E-state index contributed by atoms with van der Waals surface area (Å²) < 4.78 is 7.09. The summed E-state index contributed by atoms with van der Waals surface area (Å²) in [7, 11) is 1.37. The van der Waals surface area contributed by atoms with Gasteiger partial charge >= 0.3 is 11.9 Å². The van der Waals surface area contributed by atoms with Gasteiger partial charge in [-0.1, -0.05) is 79.7 Å². The monoisotopic (exact) mass is 558 g/mol. The summed E-state index contributed by atoms with van der Waals surface area (Å²) in [5.41, 5.74) is 2.32. The molecule has 0 aliphatic rings. The van der Waals surface area contributed by atoms with Gasteiger partial charge in [0, 0.05) is 12.1 Å². The molecule has 0 bridgehead atoms. The topological polar surface area (TPSA) is 123 Å². The number of hydrogen-bond donors (Lipinski definition) is 2. The molecule has 40 heavy (non-hydrogen) atoms. The van der Waals surface area contributed by atoms with Gasteiger partial charge < -0.3 is 19.7 Å². The highest BCUT2D eigenvalue weighted by Gasteiger charge is 2.26. The number of carbonyl (C=O) groups excluding carboxylic acids is 2. The number of benzene rings is 3. The zero-order valence-electron chi connectivity index (χ0n) is 22.2. The predicted octanol–water partition coefficient (Wildman–Crippen LogP) is 5.63. The fourth-order valence-corrected chi connectivity index (χ4v) is 5.20. The predicted molar refractivity (Wildman–Crippen MR) is 153 cm³/mol. The molecule has 4 rings (SSSR count). The van der Waals surface area contributed by atoms with Gasteiger partial charge in [0.2, 0.25) is 0 Å². The molecule has 10 heteroatoms. The minimum absolute atomic E-state index is 0.0605. The van der Waals surface area contributed by atoms with Crippen LogP contribution in [0.25, 0.3) is 0 Å². The van der Waals surface area contributed by atoms with Gasteiger partial charge in [0.05, 0.1) is 24.8 Å². The van der Waals surface area contributed by atoms with E-state index in [1.54, 1.807) is 24.3 Å². The van der Waals surface area contributed by atoms with Crippen LogP contribution >= 0.6 is 11.8 Å². The number of nitrogens with zero attached hydrogens (tertiary/aromatic N) is 3. The molecule has 1 atom stereocenters. The molecule has 0 radical (unpaired) electrons. The Morgan fingerprint density at radius 1 is 0.950 bits per heavy atom. The second-order valence-electron chi connectivity index (χ2n) is 9.02. The van der Waals surface area contributed by atoms with Crippen molar-refractivity contribution in [1.29, 1.82) is 0 Å². The maximum Gasteiger partial charge on any atom is 0.336 e. The summed E-state index contributed by atoms with van der Waals surface area (Å²) in [6.45, 7) is 2.58. The first kappa shape index (κ1) is 28.6. The van der Waals surface area contributed by atoms with Crippen molar-refractivity contribution in [3.05, 3.63) is 107 Å². The van der Waals surface area contributed by atoms with Gasteiger partial charge in [0.1, 0.15) is 11.1 Å². The number of rotatable bonds is 12. The number of esters is 1. The van der Waals surface area contributed by atoms with Crippen LogP contribution in [0.2, 0.25) is 0 Å². The van der Waals surface area contributed by atoms with Crippen LogP contribution in [0.15, 0.2) is 84.0 Å². The van der Waals surface area contributed by atoms with E-state index < -0.39 is 17.1 Å². The molecule has 0 saturated carbocycles. The quantitative estimate of drug-likeness (QED) is 0.170. The molecular formula is C30H30N4O5S. The summed E-state index contributed by atoms with van der Waals surface area (Å²) in [6, 6.07) is 22.8. The molecule has 0 saturated heterocycles. The van der Waals surface area contributed by atoms with Crippen LogP contribution in [0, 0.1) is 0 Å². The molecule has 1 aromatic heterocycles. The van der Waals surface area contributed by atoms with E-state index in [9.17, 15) is 19.5 Å². The van der Waals surface area contributed by atoms with E-state index in [4.69, 9.17) is 4.74 Å². The van der Waals surface area contributed by atoms with Gasteiger partial charge in [-0.2, -0.15) is 0 Å². The number of carbonyl (C=O) groups is 3. The minimum atomic E-state index is -1.16. The number of aromatic nitrogens is 3. The molecule has 1 amide bonds. The number of aryl methyl sites for hydroxylation is 1. The second kappa shape index (κ2) is 13.6. The van der Waals surface area contributed by atoms with Gasteiger partial charge in [-0.15, -0.1) is 10.2 Å². The SMILES string of the molecule is CCCCc1nnc(SC(C(=O)OC)c2ccccc2)n1Cc1ccc(NC(=O)c2ccccc2C(=O)O)cc1. The average molecular weight is 559 g/mol. The van der Waals surface area contributed by atoms with E-state index >= 15 is 0 Å². The summed E-state index contributed by atoms with van der Waals surface area (Å²) in [5.74, 6) is -1.21. The number of ether oxygens (including phenoxy) is 1. The standard InChI is InChI=1S/C30H30N4O5S/c1-3-4-14-25-32-33-30(40-26(29(38)39-2)21-10-6-5-7-11-21)34(25)19-20-15-17-22(18-16-20)31-27(35)23-12-8-9-13-24(23)28(36)37/h5-13,15-18,26H,3-4,14,19H2,1-2H3,(H,31,35)(H,36,37). The van der Waals surface area contributed by atoms with Crippen molar-refractivity contribution in [3.8, 4) is 0 Å². The summed E-state index contributed by atoms with van der Waals surface area (Å²) in [6.07, 6.45) is 2.70. The largest absolute Gasteiger partial charge is 0.478 e. The molecule has 206 valence electrons. The molecule has 1 unspecified atom stereocenters. The van der Waals surface area contributed by atoms with Crippen molar-refractivity contribution in [2.75, 3.05) is 12.4 Å². The number of carboxylic acid groups (broad SMARTS) is 1. The third-order valence-corrected chi connectivity index (χ3v) is 7.46. The van der Waals surface area contributed by atoms with Gasteiger partial charge in [-0.3, -0.25) is 9.59 Å². The summed E-state index contributed by atoms with van der Waals surface area (Å²) >= 11 is 1.30. The first-order valence-corrected chi connectivity index (χ1v) is 13.7. The molecule has 0 aliphatic carbocycles. The zero-order valence-corrected chi connectivity index (χ0v) is 23.1. The summed E-state index contributed by atoms with van der Waals surface area (Å²) in [5, 5.41) is 21.0. The van der Waals surface area contributed by atoms with Crippen LogP contribution in [-0.4, -0.2) is 44.8 Å². The van der Waals surface area contributed by atoms with Crippen molar-refractivity contribution < 1.29 is 24.2 Å². The normalized spacial score (nSPS) is 11.6. The van der Waals surface area contributed by atoms with Crippen LogP contribution in [0.3, 0.4) is 0 Å². The third kappa shape index (κ3) is 6.95. The number of amides is 1. The number of unbranched alkanes of at least 4 members (excludes halogenated alkanes) is 1.